The van der Waals surface area contributed by atoms with Gasteiger partial charge in [0.15, 0.2) is 11.6 Å². The molecule has 0 fully saturated rings. The molecule has 0 aliphatic heterocycles. The number of fused-ring (bicyclic) bond motifs is 2. The van der Waals surface area contributed by atoms with Gasteiger partial charge in [-0.05, 0) is 61.4 Å². The highest BCUT2D eigenvalue weighted by Crippen LogP contribution is 2.41. The van der Waals surface area contributed by atoms with Crippen LogP contribution in [-0.4, -0.2) is 36.0 Å². The number of phenolic OH excluding ortho intramolecular Hbond substituents is 2. The Morgan fingerprint density at radius 3 is 1.37 bits per heavy atom. The molecule has 0 heterocycles. The SMILES string of the molecule is COC1=C/C(=C2\C=C(OC)c3c(O)cc(C)cc3C2=O)C(=O)c2cc(C)cc(O)c21. The van der Waals surface area contributed by atoms with E-state index < -0.39 is 11.6 Å². The first kappa shape index (κ1) is 19.5. The zero-order valence-electron chi connectivity index (χ0n) is 17.0. The lowest BCUT2D eigenvalue weighted by Gasteiger charge is -2.24. The van der Waals surface area contributed by atoms with E-state index in [-0.39, 0.29) is 45.3 Å². The predicted octanol–water partition coefficient (Wildman–Crippen LogP) is 4.08. The number of aryl methyl sites for hydroxylation is 2. The van der Waals surface area contributed by atoms with E-state index in [2.05, 4.69) is 0 Å². The normalized spacial score (nSPS) is 17.7. The van der Waals surface area contributed by atoms with Gasteiger partial charge in [-0.3, -0.25) is 9.59 Å². The molecule has 2 aromatic rings. The number of allylic oxidation sites excluding steroid dienone is 4. The van der Waals surface area contributed by atoms with E-state index in [1.54, 1.807) is 38.1 Å². The summed E-state index contributed by atoms with van der Waals surface area (Å²) in [6, 6.07) is 6.41. The Morgan fingerprint density at radius 1 is 0.667 bits per heavy atom. The van der Waals surface area contributed by atoms with Crippen LogP contribution in [0, 0.1) is 13.8 Å². The van der Waals surface area contributed by atoms with Gasteiger partial charge in [0.25, 0.3) is 0 Å². The minimum atomic E-state index is -0.403. The maximum atomic E-state index is 13.3. The van der Waals surface area contributed by atoms with Crippen molar-refractivity contribution in [1.82, 2.24) is 0 Å². The van der Waals surface area contributed by atoms with E-state index in [4.69, 9.17) is 9.47 Å². The van der Waals surface area contributed by atoms with Crippen molar-refractivity contribution in [1.29, 1.82) is 0 Å². The zero-order chi connectivity index (χ0) is 21.7. The fraction of sp³-hybridized carbons (Fsp3) is 0.167. The predicted molar refractivity (Wildman–Crippen MR) is 111 cm³/mol. The molecule has 4 rings (SSSR count). The van der Waals surface area contributed by atoms with Crippen LogP contribution in [0.3, 0.4) is 0 Å². The van der Waals surface area contributed by atoms with Gasteiger partial charge in [-0.15, -0.1) is 0 Å². The number of methoxy groups -OCH3 is 2. The fourth-order valence-electron chi connectivity index (χ4n) is 3.96. The van der Waals surface area contributed by atoms with Crippen molar-refractivity contribution in [3.05, 3.63) is 80.9 Å². The standard InChI is InChI=1S/C24H20O6/c1-11-5-15-21(17(25)7-11)19(29-3)9-13(23(15)27)14-10-20(30-4)22-16(24(14)28)6-12(2)8-18(22)26/h5-10,25-26H,1-4H3/b14-13-. The van der Waals surface area contributed by atoms with E-state index in [1.807, 2.05) is 0 Å². The maximum Gasteiger partial charge on any atom is 0.194 e. The van der Waals surface area contributed by atoms with Crippen molar-refractivity contribution in [2.24, 2.45) is 0 Å². The van der Waals surface area contributed by atoms with E-state index >= 15 is 0 Å². The zero-order valence-corrected chi connectivity index (χ0v) is 17.0. The van der Waals surface area contributed by atoms with Crippen molar-refractivity contribution >= 4 is 23.1 Å². The van der Waals surface area contributed by atoms with Crippen molar-refractivity contribution in [3.63, 3.8) is 0 Å². The number of phenols is 2. The Hall–Kier alpha value is -3.80. The van der Waals surface area contributed by atoms with Crippen LogP contribution in [-0.2, 0) is 9.47 Å². The minimum Gasteiger partial charge on any atom is -0.507 e. The van der Waals surface area contributed by atoms with Crippen LogP contribution >= 0.6 is 0 Å². The van der Waals surface area contributed by atoms with Gasteiger partial charge in [-0.25, -0.2) is 0 Å². The molecule has 6 heteroatoms. The van der Waals surface area contributed by atoms with Crippen LogP contribution in [0.5, 0.6) is 11.5 Å². The van der Waals surface area contributed by atoms with Gasteiger partial charge in [0.1, 0.15) is 23.0 Å². The molecule has 2 N–H and O–H groups in total. The molecule has 0 saturated heterocycles. The van der Waals surface area contributed by atoms with E-state index in [0.29, 0.717) is 22.3 Å². The lowest BCUT2D eigenvalue weighted by molar-refractivity contribution is 0.100. The third-order valence-corrected chi connectivity index (χ3v) is 5.28. The number of carbonyl (C=O) groups excluding carboxylic acids is 2. The minimum absolute atomic E-state index is 0.0653. The monoisotopic (exact) mass is 404 g/mol. The van der Waals surface area contributed by atoms with Gasteiger partial charge in [-0.2, -0.15) is 0 Å². The number of ether oxygens (including phenoxy) is 2. The van der Waals surface area contributed by atoms with Gasteiger partial charge in [0.2, 0.25) is 0 Å². The first-order valence-electron chi connectivity index (χ1n) is 9.29. The van der Waals surface area contributed by atoms with Gasteiger partial charge in [0, 0.05) is 22.3 Å². The lowest BCUT2D eigenvalue weighted by Crippen LogP contribution is -2.20. The number of hydrogen-bond acceptors (Lipinski definition) is 6. The van der Waals surface area contributed by atoms with Gasteiger partial charge in [-0.1, -0.05) is 0 Å². The van der Waals surface area contributed by atoms with Crippen LogP contribution in [0.25, 0.3) is 11.5 Å². The first-order valence-corrected chi connectivity index (χ1v) is 9.29. The Balaban J connectivity index is 2.02. The maximum absolute atomic E-state index is 13.3. The molecule has 0 spiro atoms. The number of carbonyl (C=O) groups is 2. The molecule has 30 heavy (non-hydrogen) atoms. The summed E-state index contributed by atoms with van der Waals surface area (Å²) in [6.07, 6.45) is 2.91. The summed E-state index contributed by atoms with van der Waals surface area (Å²) in [7, 11) is 2.87. The molecule has 2 aromatic carbocycles. The summed E-state index contributed by atoms with van der Waals surface area (Å²) < 4.78 is 10.8. The number of rotatable bonds is 2. The molecular weight excluding hydrogens is 384 g/mol. The van der Waals surface area contributed by atoms with Crippen molar-refractivity contribution < 1.29 is 29.3 Å². The Kier molecular flexibility index (Phi) is 4.50. The van der Waals surface area contributed by atoms with E-state index in [1.165, 1.54) is 26.4 Å². The molecule has 0 atom stereocenters. The van der Waals surface area contributed by atoms with Crippen LogP contribution in [0.15, 0.2) is 47.6 Å². The third kappa shape index (κ3) is 2.80. The second-order valence-electron chi connectivity index (χ2n) is 7.32. The molecule has 2 aliphatic rings. The molecule has 152 valence electrons. The molecule has 0 aromatic heterocycles. The number of aromatic hydroxyl groups is 2. The highest BCUT2D eigenvalue weighted by Gasteiger charge is 2.34. The Bertz CT molecular complexity index is 1130. The number of ketones is 2. The highest BCUT2D eigenvalue weighted by atomic mass is 16.5. The lowest BCUT2D eigenvalue weighted by atomic mass is 9.82. The molecule has 0 saturated carbocycles. The van der Waals surface area contributed by atoms with Gasteiger partial charge < -0.3 is 19.7 Å². The summed E-state index contributed by atoms with van der Waals surface area (Å²) in [6.45, 7) is 3.53. The Morgan fingerprint density at radius 2 is 1.03 bits per heavy atom. The number of Topliss-reactive ketones (excluding diaryl/α,β-unsaturated/α-hetero) is 2. The molecule has 0 amide bonds. The molecule has 2 aliphatic carbocycles. The summed E-state index contributed by atoms with van der Waals surface area (Å²) in [5.41, 5.74) is 2.78. The Labute approximate surface area is 173 Å². The van der Waals surface area contributed by atoms with E-state index in [0.717, 1.165) is 0 Å². The van der Waals surface area contributed by atoms with Crippen LogP contribution in [0.1, 0.15) is 43.0 Å². The number of hydrogen-bond donors (Lipinski definition) is 2. The average molecular weight is 404 g/mol. The summed E-state index contributed by atoms with van der Waals surface area (Å²) in [5, 5.41) is 20.7. The smallest absolute Gasteiger partial charge is 0.194 e. The van der Waals surface area contributed by atoms with Crippen LogP contribution < -0.4 is 0 Å². The quantitative estimate of drug-likeness (QED) is 0.733. The molecule has 6 nitrogen and oxygen atoms in total. The average Bonchev–Trinajstić information content (AvgIpc) is 2.69. The van der Waals surface area contributed by atoms with Gasteiger partial charge in [0.05, 0.1) is 25.3 Å². The van der Waals surface area contributed by atoms with Crippen LogP contribution in [0.4, 0.5) is 0 Å². The van der Waals surface area contributed by atoms with Crippen molar-refractivity contribution in [2.45, 2.75) is 13.8 Å². The molecular formula is C24H20O6. The highest BCUT2D eigenvalue weighted by molar-refractivity contribution is 6.26. The van der Waals surface area contributed by atoms with Crippen LogP contribution in [0.2, 0.25) is 0 Å². The largest absolute Gasteiger partial charge is 0.507 e. The fourth-order valence-corrected chi connectivity index (χ4v) is 3.96. The molecule has 0 unspecified atom stereocenters. The van der Waals surface area contributed by atoms with Crippen molar-refractivity contribution in [2.75, 3.05) is 14.2 Å². The summed E-state index contributed by atoms with van der Waals surface area (Å²) in [4.78, 5) is 26.7. The molecule has 0 bridgehead atoms. The first-order chi connectivity index (χ1) is 14.3. The summed E-state index contributed by atoms with van der Waals surface area (Å²) in [5.74, 6) is -0.375. The second-order valence-corrected chi connectivity index (χ2v) is 7.32. The second kappa shape index (κ2) is 6.91. The molecule has 0 radical (unpaired) electrons. The third-order valence-electron chi connectivity index (χ3n) is 5.28. The van der Waals surface area contributed by atoms with Gasteiger partial charge >= 0.3 is 0 Å². The van der Waals surface area contributed by atoms with E-state index in [9.17, 15) is 19.8 Å². The van der Waals surface area contributed by atoms with Crippen molar-refractivity contribution in [3.8, 4) is 11.5 Å². The number of benzene rings is 2. The summed E-state index contributed by atoms with van der Waals surface area (Å²) >= 11 is 0. The topological polar surface area (TPSA) is 93.1 Å².